The number of benzene rings is 1. The van der Waals surface area contributed by atoms with E-state index in [1.54, 1.807) is 0 Å². The highest BCUT2D eigenvalue weighted by atomic mass is 16.2. The van der Waals surface area contributed by atoms with Gasteiger partial charge in [-0.1, -0.05) is 17.7 Å². The van der Waals surface area contributed by atoms with Crippen molar-refractivity contribution in [1.82, 2.24) is 20.0 Å². The number of fused-ring (bicyclic) bond motifs is 1. The zero-order valence-electron chi connectivity index (χ0n) is 14.2. The van der Waals surface area contributed by atoms with E-state index in [4.69, 9.17) is 5.10 Å². The molecule has 1 fully saturated rings. The van der Waals surface area contributed by atoms with Gasteiger partial charge >= 0.3 is 0 Å². The first-order valence-corrected chi connectivity index (χ1v) is 8.92. The zero-order chi connectivity index (χ0) is 16.5. The topological polar surface area (TPSA) is 50.2 Å². The van der Waals surface area contributed by atoms with Crippen LogP contribution in [0.4, 0.5) is 0 Å². The van der Waals surface area contributed by atoms with Gasteiger partial charge in [0, 0.05) is 30.9 Å². The number of rotatable bonds is 2. The minimum absolute atomic E-state index is 0.0997. The maximum absolute atomic E-state index is 13.0. The Labute approximate surface area is 142 Å². The van der Waals surface area contributed by atoms with Crippen LogP contribution in [-0.4, -0.2) is 46.8 Å². The van der Waals surface area contributed by atoms with Crippen LogP contribution in [0.3, 0.4) is 0 Å². The fourth-order valence-electron chi connectivity index (χ4n) is 3.71. The largest absolute Gasteiger partial charge is 0.336 e. The van der Waals surface area contributed by atoms with Crippen LogP contribution in [0.25, 0.3) is 5.69 Å². The number of aryl methyl sites for hydroxylation is 1. The molecule has 1 saturated heterocycles. The molecule has 0 atom stereocenters. The predicted molar refractivity (Wildman–Crippen MR) is 93.7 cm³/mol. The number of carbonyl (C=O) groups excluding carboxylic acids is 1. The molecule has 2 heterocycles. The van der Waals surface area contributed by atoms with E-state index in [2.05, 4.69) is 36.5 Å². The number of amides is 1. The van der Waals surface area contributed by atoms with Crippen molar-refractivity contribution >= 4 is 5.91 Å². The normalized spacial score (nSPS) is 17.6. The minimum Gasteiger partial charge on any atom is -0.336 e. The van der Waals surface area contributed by atoms with Gasteiger partial charge < -0.3 is 10.2 Å². The third-order valence-corrected chi connectivity index (χ3v) is 5.04. The lowest BCUT2D eigenvalue weighted by Gasteiger charge is -2.19. The van der Waals surface area contributed by atoms with Crippen LogP contribution in [0, 0.1) is 6.92 Å². The first-order valence-electron chi connectivity index (χ1n) is 8.92. The molecular formula is C19H24N4O. The first kappa shape index (κ1) is 15.4. The van der Waals surface area contributed by atoms with Gasteiger partial charge in [-0.2, -0.15) is 5.10 Å². The van der Waals surface area contributed by atoms with Crippen LogP contribution in [0.1, 0.15) is 40.2 Å². The number of carbonyl (C=O) groups is 1. The number of nitrogens with zero attached hydrogens (tertiary/aromatic N) is 3. The molecule has 1 aliphatic carbocycles. The summed E-state index contributed by atoms with van der Waals surface area (Å²) >= 11 is 0. The van der Waals surface area contributed by atoms with Crippen LogP contribution >= 0.6 is 0 Å². The van der Waals surface area contributed by atoms with E-state index in [0.29, 0.717) is 5.69 Å². The Bertz CT molecular complexity index is 739. The lowest BCUT2D eigenvalue weighted by Crippen LogP contribution is -2.35. The smallest absolute Gasteiger partial charge is 0.274 e. The lowest BCUT2D eigenvalue weighted by atomic mass is 10.1. The summed E-state index contributed by atoms with van der Waals surface area (Å²) in [4.78, 5) is 15.0. The fraction of sp³-hybridized carbons (Fsp3) is 0.474. The average molecular weight is 324 g/mol. The van der Waals surface area contributed by atoms with Crippen molar-refractivity contribution in [3.8, 4) is 5.69 Å². The Balaban J connectivity index is 1.70. The van der Waals surface area contributed by atoms with Crippen molar-refractivity contribution in [2.45, 2.75) is 32.6 Å². The van der Waals surface area contributed by atoms with Gasteiger partial charge in [0.2, 0.25) is 0 Å². The van der Waals surface area contributed by atoms with Gasteiger partial charge in [0.05, 0.1) is 5.69 Å². The molecule has 5 nitrogen and oxygen atoms in total. The summed E-state index contributed by atoms with van der Waals surface area (Å²) < 4.78 is 1.99. The van der Waals surface area contributed by atoms with Gasteiger partial charge in [-0.25, -0.2) is 4.68 Å². The third kappa shape index (κ3) is 2.73. The fourth-order valence-corrected chi connectivity index (χ4v) is 3.71. The summed E-state index contributed by atoms with van der Waals surface area (Å²) in [5.74, 6) is 0.0997. The Morgan fingerprint density at radius 2 is 1.92 bits per heavy atom. The van der Waals surface area contributed by atoms with E-state index in [9.17, 15) is 4.79 Å². The van der Waals surface area contributed by atoms with Gasteiger partial charge in [0.25, 0.3) is 5.91 Å². The van der Waals surface area contributed by atoms with Crippen molar-refractivity contribution in [1.29, 1.82) is 0 Å². The second-order valence-corrected chi connectivity index (χ2v) is 6.77. The molecule has 1 aliphatic heterocycles. The first-order chi connectivity index (χ1) is 11.7. The predicted octanol–water partition coefficient (Wildman–Crippen LogP) is 2.10. The lowest BCUT2D eigenvalue weighted by molar-refractivity contribution is 0.0759. The Morgan fingerprint density at radius 1 is 1.08 bits per heavy atom. The zero-order valence-corrected chi connectivity index (χ0v) is 14.2. The molecule has 5 heteroatoms. The summed E-state index contributed by atoms with van der Waals surface area (Å²) in [6.07, 6.45) is 4.09. The number of nitrogens with one attached hydrogen (secondary N) is 1. The van der Waals surface area contributed by atoms with Gasteiger partial charge in [-0.05, 0) is 51.3 Å². The molecule has 1 aromatic heterocycles. The molecule has 0 spiro atoms. The van der Waals surface area contributed by atoms with Gasteiger partial charge in [0.15, 0.2) is 5.69 Å². The third-order valence-electron chi connectivity index (χ3n) is 5.04. The molecule has 0 bridgehead atoms. The van der Waals surface area contributed by atoms with Gasteiger partial charge in [-0.15, -0.1) is 0 Å². The molecule has 4 rings (SSSR count). The molecule has 0 unspecified atom stereocenters. The maximum Gasteiger partial charge on any atom is 0.274 e. The van der Waals surface area contributed by atoms with Crippen LogP contribution in [0.15, 0.2) is 24.3 Å². The van der Waals surface area contributed by atoms with Gasteiger partial charge in [-0.3, -0.25) is 4.79 Å². The van der Waals surface area contributed by atoms with E-state index >= 15 is 0 Å². The van der Waals surface area contributed by atoms with Crippen LogP contribution in [-0.2, 0) is 12.8 Å². The number of hydrogen-bond donors (Lipinski definition) is 1. The Hall–Kier alpha value is -2.14. The highest BCUT2D eigenvalue weighted by molar-refractivity contribution is 5.94. The van der Waals surface area contributed by atoms with E-state index in [0.717, 1.165) is 63.1 Å². The minimum atomic E-state index is 0.0997. The van der Waals surface area contributed by atoms with E-state index < -0.39 is 0 Å². The Morgan fingerprint density at radius 3 is 2.75 bits per heavy atom. The molecule has 1 amide bonds. The van der Waals surface area contributed by atoms with E-state index in [-0.39, 0.29) is 5.91 Å². The molecule has 2 aliphatic rings. The summed E-state index contributed by atoms with van der Waals surface area (Å²) in [5, 5.41) is 8.10. The Kier molecular flexibility index (Phi) is 4.10. The van der Waals surface area contributed by atoms with Crippen LogP contribution < -0.4 is 5.32 Å². The van der Waals surface area contributed by atoms with E-state index in [1.165, 1.54) is 11.3 Å². The molecular weight excluding hydrogens is 300 g/mol. The SMILES string of the molecule is Cc1ccc(-n2nc(C(=O)N3CCCNCC3)c3c2CCC3)cc1. The van der Waals surface area contributed by atoms with E-state index in [1.807, 2.05) is 9.58 Å². The monoisotopic (exact) mass is 324 g/mol. The molecule has 1 N–H and O–H groups in total. The second-order valence-electron chi connectivity index (χ2n) is 6.77. The van der Waals surface area contributed by atoms with Crippen molar-refractivity contribution in [3.05, 3.63) is 46.8 Å². The van der Waals surface area contributed by atoms with Crippen molar-refractivity contribution < 1.29 is 4.79 Å². The summed E-state index contributed by atoms with van der Waals surface area (Å²) in [6.45, 7) is 5.52. The molecule has 0 saturated carbocycles. The van der Waals surface area contributed by atoms with Crippen molar-refractivity contribution in [2.75, 3.05) is 26.2 Å². The summed E-state index contributed by atoms with van der Waals surface area (Å²) in [7, 11) is 0. The summed E-state index contributed by atoms with van der Waals surface area (Å²) in [6, 6.07) is 8.37. The standard InChI is InChI=1S/C19H24N4O/c1-14-6-8-15(9-7-14)23-17-5-2-4-16(17)18(21-23)19(24)22-12-3-10-20-11-13-22/h6-9,20H,2-5,10-13H2,1H3. The average Bonchev–Trinajstić information content (AvgIpc) is 3.08. The van der Waals surface area contributed by atoms with Crippen LogP contribution in [0.5, 0.6) is 0 Å². The molecule has 1 aromatic carbocycles. The second kappa shape index (κ2) is 6.40. The molecule has 2 aromatic rings. The highest BCUT2D eigenvalue weighted by Crippen LogP contribution is 2.28. The number of hydrogen-bond acceptors (Lipinski definition) is 3. The maximum atomic E-state index is 13.0. The quantitative estimate of drug-likeness (QED) is 0.920. The van der Waals surface area contributed by atoms with Crippen molar-refractivity contribution in [2.24, 2.45) is 0 Å². The van der Waals surface area contributed by atoms with Crippen LogP contribution in [0.2, 0.25) is 0 Å². The summed E-state index contributed by atoms with van der Waals surface area (Å²) in [5.41, 5.74) is 5.34. The molecule has 24 heavy (non-hydrogen) atoms. The number of aromatic nitrogens is 2. The van der Waals surface area contributed by atoms with Gasteiger partial charge in [0.1, 0.15) is 0 Å². The molecule has 0 radical (unpaired) electrons. The van der Waals surface area contributed by atoms with Crippen molar-refractivity contribution in [3.63, 3.8) is 0 Å². The molecule has 126 valence electrons. The highest BCUT2D eigenvalue weighted by Gasteiger charge is 2.29.